The van der Waals surface area contributed by atoms with Gasteiger partial charge < -0.3 is 19.2 Å². The van der Waals surface area contributed by atoms with Crippen LogP contribution in [0.15, 0.2) is 18.2 Å². The third-order valence-corrected chi connectivity index (χ3v) is 10.9. The molecule has 178 valence electrons. The Labute approximate surface area is 199 Å². The van der Waals surface area contributed by atoms with E-state index < -0.39 is 20.0 Å². The first-order valence-electron chi connectivity index (χ1n) is 10.7. The predicted molar refractivity (Wildman–Crippen MR) is 132 cm³/mol. The monoisotopic (exact) mass is 491 g/mol. The number of nitrogens with zero attached hydrogens (tertiary/aromatic N) is 1. The number of benzene rings is 1. The summed E-state index contributed by atoms with van der Waals surface area (Å²) in [4.78, 5) is 14.3. The van der Waals surface area contributed by atoms with Crippen LogP contribution in [0, 0.1) is 0 Å². The quantitative estimate of drug-likeness (QED) is 0.389. The molecule has 0 radical (unpaired) electrons. The van der Waals surface area contributed by atoms with E-state index in [9.17, 15) is 9.90 Å². The Bertz CT molecular complexity index is 729. The number of halogens is 2. The van der Waals surface area contributed by atoms with Crippen LogP contribution < -0.4 is 0 Å². The molecule has 5 nitrogen and oxygen atoms in total. The number of amides is 1. The van der Waals surface area contributed by atoms with Crippen molar-refractivity contribution in [2.45, 2.75) is 77.6 Å². The molecule has 0 spiro atoms. The second kappa shape index (κ2) is 11.4. The molecule has 0 saturated carbocycles. The molecule has 1 amide bonds. The van der Waals surface area contributed by atoms with Crippen LogP contribution in [0.2, 0.25) is 28.2 Å². The minimum atomic E-state index is -1.89. The number of carbonyl (C=O) groups is 1. The number of hydrogen-bond donors (Lipinski definition) is 1. The maximum Gasteiger partial charge on any atom is 0.410 e. The van der Waals surface area contributed by atoms with E-state index >= 15 is 0 Å². The van der Waals surface area contributed by atoms with Crippen molar-refractivity contribution in [1.29, 1.82) is 0 Å². The third-order valence-electron chi connectivity index (χ3n) is 5.61. The highest BCUT2D eigenvalue weighted by atomic mass is 35.5. The van der Waals surface area contributed by atoms with Gasteiger partial charge in [0.05, 0.1) is 16.7 Å². The maximum atomic E-state index is 12.7. The molecule has 0 saturated heterocycles. The van der Waals surface area contributed by atoms with Crippen LogP contribution in [-0.2, 0) is 9.16 Å². The second-order valence-electron chi connectivity index (χ2n) is 10.4. The summed E-state index contributed by atoms with van der Waals surface area (Å²) in [6, 6.07) is 5.54. The Morgan fingerprint density at radius 2 is 1.74 bits per heavy atom. The van der Waals surface area contributed by atoms with Gasteiger partial charge in [-0.05, 0) is 63.0 Å². The van der Waals surface area contributed by atoms with Gasteiger partial charge in [0, 0.05) is 25.6 Å². The average molecular weight is 493 g/mol. The van der Waals surface area contributed by atoms with E-state index in [1.807, 2.05) is 32.9 Å². The average Bonchev–Trinajstić information content (AvgIpc) is 2.60. The topological polar surface area (TPSA) is 59.0 Å². The zero-order valence-corrected chi connectivity index (χ0v) is 22.7. The SMILES string of the molecule is CC(C)(C)OC(=O)N(CCO)C[C@H](CCO[Si](C)(C)C(C)(C)C)c1ccc(Cl)c(Cl)c1. The predicted octanol–water partition coefficient (Wildman–Crippen LogP) is 6.72. The molecule has 8 heteroatoms. The fourth-order valence-electron chi connectivity index (χ4n) is 2.77. The van der Waals surface area contributed by atoms with Crippen molar-refractivity contribution < 1.29 is 19.1 Å². The van der Waals surface area contributed by atoms with Gasteiger partial charge in [-0.25, -0.2) is 4.79 Å². The van der Waals surface area contributed by atoms with Gasteiger partial charge in [-0.3, -0.25) is 0 Å². The molecular formula is C23H39Cl2NO4Si. The second-order valence-corrected chi connectivity index (χ2v) is 16.0. The molecule has 0 unspecified atom stereocenters. The zero-order valence-electron chi connectivity index (χ0n) is 20.2. The van der Waals surface area contributed by atoms with Gasteiger partial charge >= 0.3 is 6.09 Å². The summed E-state index contributed by atoms with van der Waals surface area (Å²) >= 11 is 12.4. The summed E-state index contributed by atoms with van der Waals surface area (Å²) < 4.78 is 11.9. The largest absolute Gasteiger partial charge is 0.444 e. The number of aliphatic hydroxyl groups excluding tert-OH is 1. The number of carbonyl (C=O) groups excluding carboxylic acids is 1. The van der Waals surface area contributed by atoms with E-state index in [0.717, 1.165) is 5.56 Å². The summed E-state index contributed by atoms with van der Waals surface area (Å²) in [5.41, 5.74) is 0.356. The highest BCUT2D eigenvalue weighted by molar-refractivity contribution is 6.74. The summed E-state index contributed by atoms with van der Waals surface area (Å²) in [5, 5.41) is 10.6. The molecule has 31 heavy (non-hydrogen) atoms. The van der Waals surface area contributed by atoms with Crippen molar-refractivity contribution in [3.63, 3.8) is 0 Å². The van der Waals surface area contributed by atoms with Crippen molar-refractivity contribution in [3.05, 3.63) is 33.8 Å². The van der Waals surface area contributed by atoms with Gasteiger partial charge in [0.1, 0.15) is 5.60 Å². The van der Waals surface area contributed by atoms with Crippen LogP contribution in [0.25, 0.3) is 0 Å². The van der Waals surface area contributed by atoms with Gasteiger partial charge in [-0.1, -0.05) is 50.0 Å². The fourth-order valence-corrected chi connectivity index (χ4v) is 4.14. The molecule has 0 fully saturated rings. The van der Waals surface area contributed by atoms with Crippen molar-refractivity contribution >= 4 is 37.6 Å². The van der Waals surface area contributed by atoms with Crippen molar-refractivity contribution in [1.82, 2.24) is 4.90 Å². The smallest absolute Gasteiger partial charge is 0.410 e. The normalized spacial score (nSPS) is 13.8. The Morgan fingerprint density at radius 3 is 2.23 bits per heavy atom. The summed E-state index contributed by atoms with van der Waals surface area (Å²) in [6.45, 7) is 17.5. The molecule has 1 aromatic rings. The molecule has 0 aliphatic rings. The molecule has 0 aliphatic heterocycles. The molecule has 0 aliphatic carbocycles. The first kappa shape index (κ1) is 28.2. The molecule has 0 bridgehead atoms. The summed E-state index contributed by atoms with van der Waals surface area (Å²) in [6.07, 6.45) is 0.256. The van der Waals surface area contributed by atoms with Gasteiger partial charge in [0.25, 0.3) is 0 Å². The molecule has 1 rings (SSSR count). The fraction of sp³-hybridized carbons (Fsp3) is 0.696. The first-order chi connectivity index (χ1) is 14.1. The highest BCUT2D eigenvalue weighted by Gasteiger charge is 2.37. The number of hydrogen-bond acceptors (Lipinski definition) is 4. The molecule has 1 N–H and O–H groups in total. The summed E-state index contributed by atoms with van der Waals surface area (Å²) in [7, 11) is -1.89. The molecule has 1 atom stereocenters. The number of rotatable bonds is 9. The lowest BCUT2D eigenvalue weighted by Crippen LogP contribution is -2.42. The standard InChI is InChI=1S/C23H39Cl2NO4Si/c1-22(2,3)30-21(28)26(12-13-27)16-18(17-9-10-19(24)20(25)15-17)11-14-29-31(7,8)23(4,5)6/h9-10,15,18,27H,11-14,16H2,1-8H3/t18-/m0/s1. The molecular weight excluding hydrogens is 453 g/mol. The Balaban J connectivity index is 3.08. The van der Waals surface area contributed by atoms with Gasteiger partial charge in [-0.2, -0.15) is 0 Å². The lowest BCUT2D eigenvalue weighted by molar-refractivity contribution is 0.0201. The minimum Gasteiger partial charge on any atom is -0.444 e. The zero-order chi connectivity index (χ0) is 24.0. The van der Waals surface area contributed by atoms with E-state index in [4.69, 9.17) is 32.4 Å². The van der Waals surface area contributed by atoms with Crippen molar-refractivity contribution in [2.75, 3.05) is 26.3 Å². The van der Waals surface area contributed by atoms with E-state index in [1.165, 1.54) is 0 Å². The van der Waals surface area contributed by atoms with Crippen LogP contribution in [0.5, 0.6) is 0 Å². The number of aliphatic hydroxyl groups is 1. The molecule has 1 aromatic carbocycles. The molecule has 0 heterocycles. The lowest BCUT2D eigenvalue weighted by atomic mass is 9.95. The van der Waals surface area contributed by atoms with Crippen molar-refractivity contribution in [3.8, 4) is 0 Å². The lowest BCUT2D eigenvalue weighted by Gasteiger charge is -2.37. The van der Waals surface area contributed by atoms with Crippen LogP contribution in [0.3, 0.4) is 0 Å². The van der Waals surface area contributed by atoms with E-state index in [1.54, 1.807) is 11.0 Å². The number of ether oxygens (including phenoxy) is 1. The third kappa shape index (κ3) is 9.30. The Kier molecular flexibility index (Phi) is 10.4. The highest BCUT2D eigenvalue weighted by Crippen LogP contribution is 2.37. The van der Waals surface area contributed by atoms with Crippen LogP contribution in [0.4, 0.5) is 4.79 Å². The minimum absolute atomic E-state index is 0.0430. The Hall–Kier alpha value is -0.793. The van der Waals surface area contributed by atoms with Crippen molar-refractivity contribution in [2.24, 2.45) is 0 Å². The summed E-state index contributed by atoms with van der Waals surface area (Å²) in [5.74, 6) is -0.0430. The van der Waals surface area contributed by atoms with E-state index in [2.05, 4.69) is 33.9 Å². The first-order valence-corrected chi connectivity index (χ1v) is 14.4. The van der Waals surface area contributed by atoms with Crippen LogP contribution in [-0.4, -0.2) is 56.3 Å². The van der Waals surface area contributed by atoms with E-state index in [0.29, 0.717) is 29.6 Å². The maximum absolute atomic E-state index is 12.7. The van der Waals surface area contributed by atoms with Crippen LogP contribution in [0.1, 0.15) is 59.4 Å². The van der Waals surface area contributed by atoms with Gasteiger partial charge in [-0.15, -0.1) is 0 Å². The molecule has 0 aromatic heterocycles. The van der Waals surface area contributed by atoms with Gasteiger partial charge in [0.15, 0.2) is 8.32 Å². The van der Waals surface area contributed by atoms with E-state index in [-0.39, 0.29) is 24.1 Å². The van der Waals surface area contributed by atoms with Crippen LogP contribution >= 0.6 is 23.2 Å². The van der Waals surface area contributed by atoms with Gasteiger partial charge in [0.2, 0.25) is 0 Å². The Morgan fingerprint density at radius 1 is 1.13 bits per heavy atom.